The van der Waals surface area contributed by atoms with E-state index in [9.17, 15) is 29.1 Å². The number of methoxy groups -OCH3 is 1. The normalized spacial score (nSPS) is 29.1. The Morgan fingerprint density at radius 1 is 1.10 bits per heavy atom. The van der Waals surface area contributed by atoms with Crippen molar-refractivity contribution in [1.82, 2.24) is 0 Å². The van der Waals surface area contributed by atoms with Gasteiger partial charge in [-0.1, -0.05) is 33.3 Å². The maximum atomic E-state index is 12.9. The molecule has 0 aromatic carbocycles. The van der Waals surface area contributed by atoms with Gasteiger partial charge in [-0.05, 0) is 83.6 Å². The molecule has 1 saturated carbocycles. The van der Waals surface area contributed by atoms with Crippen LogP contribution in [0.3, 0.4) is 0 Å². The highest BCUT2D eigenvalue weighted by atomic mass is 32.2. The Balaban J connectivity index is 0.00000159. The molecule has 1 heterocycles. The van der Waals surface area contributed by atoms with E-state index in [1.807, 2.05) is 13.8 Å². The third-order valence-corrected chi connectivity index (χ3v) is 8.04. The number of rotatable bonds is 7. The van der Waals surface area contributed by atoms with Crippen LogP contribution in [0, 0.1) is 17.3 Å². The average molecular weight is 703 g/mol. The summed E-state index contributed by atoms with van der Waals surface area (Å²) in [6, 6.07) is 0. The van der Waals surface area contributed by atoms with Crippen LogP contribution in [0.1, 0.15) is 102 Å². The van der Waals surface area contributed by atoms with Crippen molar-refractivity contribution in [1.29, 1.82) is 0 Å². The molecule has 48 heavy (non-hydrogen) atoms. The first-order valence-electron chi connectivity index (χ1n) is 16.3. The number of fused-ring (bicyclic) bond motifs is 3. The highest BCUT2D eigenvalue weighted by Gasteiger charge is 2.68. The van der Waals surface area contributed by atoms with Crippen molar-refractivity contribution >= 4 is 42.2 Å². The molecule has 6 unspecified atom stereocenters. The minimum absolute atomic E-state index is 0.112. The molecule has 276 valence electrons. The van der Waals surface area contributed by atoms with Crippen molar-refractivity contribution in [3.8, 4) is 0 Å². The lowest BCUT2D eigenvalue weighted by Gasteiger charge is -2.36. The number of esters is 4. The summed E-state index contributed by atoms with van der Waals surface area (Å²) in [7, 11) is 1.46. The van der Waals surface area contributed by atoms with E-state index in [1.165, 1.54) is 27.4 Å². The van der Waals surface area contributed by atoms with Gasteiger partial charge in [-0.15, -0.1) is 0 Å². The number of carbonyl (C=O) groups excluding carboxylic acids is 5. The van der Waals surface area contributed by atoms with Crippen molar-refractivity contribution in [3.63, 3.8) is 0 Å². The Morgan fingerprint density at radius 3 is 2.04 bits per heavy atom. The van der Waals surface area contributed by atoms with Gasteiger partial charge in [-0.3, -0.25) is 24.0 Å². The van der Waals surface area contributed by atoms with E-state index in [2.05, 4.69) is 13.8 Å². The van der Waals surface area contributed by atoms with Crippen molar-refractivity contribution in [2.45, 2.75) is 138 Å². The highest BCUT2D eigenvalue weighted by Crippen LogP contribution is 2.53. The number of ether oxygens (including phenoxy) is 5. The standard InChI is InChI=1S/C26H38O10.C5H8O.C3H8.CH4OS/c1-9-10-17(28)34-16-11-15(33-14(4)27)19-18(22-26(16,31)13(3)23(29)36-22)12(2)20(32-8)21(19)35-24(30)25(5,6)7;1-3-5(2)4-6;2*1-3-2/h13,15-16,19-22,31H,9-11H2,1-8H3;3-4H,1-2H3;3H2,1-2H3;2H,1H3/b;5-3-;;/t13?,15?,16-,19?,20-,21?,22?,26?;;;/m0.../s1. The quantitative estimate of drug-likeness (QED) is 0.0835. The van der Waals surface area contributed by atoms with Gasteiger partial charge in [0.1, 0.15) is 30.7 Å². The van der Waals surface area contributed by atoms with E-state index in [4.69, 9.17) is 28.2 Å². The van der Waals surface area contributed by atoms with Crippen LogP contribution in [-0.4, -0.2) is 89.3 Å². The molecule has 12 nitrogen and oxygen atoms in total. The minimum Gasteiger partial charge on any atom is -0.462 e. The van der Waals surface area contributed by atoms with Crippen LogP contribution in [0.2, 0.25) is 0 Å². The Bertz CT molecular complexity index is 1150. The fourth-order valence-corrected chi connectivity index (χ4v) is 5.58. The predicted molar refractivity (Wildman–Crippen MR) is 183 cm³/mol. The van der Waals surface area contributed by atoms with E-state index in [0.717, 1.165) is 23.9 Å². The Labute approximate surface area is 290 Å². The maximum absolute atomic E-state index is 12.9. The smallest absolute Gasteiger partial charge is 0.312 e. The Hall–Kier alpha value is -2.74. The molecule has 8 atom stereocenters. The van der Waals surface area contributed by atoms with Crippen molar-refractivity contribution in [3.05, 3.63) is 22.8 Å². The van der Waals surface area contributed by atoms with Gasteiger partial charge < -0.3 is 33.3 Å². The fourth-order valence-electron chi connectivity index (χ4n) is 5.58. The summed E-state index contributed by atoms with van der Waals surface area (Å²) in [6.07, 6.45) is 0.944. The van der Waals surface area contributed by atoms with Gasteiger partial charge in [0.25, 0.3) is 0 Å². The summed E-state index contributed by atoms with van der Waals surface area (Å²) >= 11 is 0.750. The van der Waals surface area contributed by atoms with E-state index >= 15 is 0 Å². The summed E-state index contributed by atoms with van der Waals surface area (Å²) < 4.78 is 36.3. The minimum atomic E-state index is -1.93. The number of aliphatic hydroxyl groups is 1. The summed E-state index contributed by atoms with van der Waals surface area (Å²) in [5, 5.41) is 12.0. The molecule has 1 aliphatic heterocycles. The molecule has 0 spiro atoms. The monoisotopic (exact) mass is 702 g/mol. The summed E-state index contributed by atoms with van der Waals surface area (Å²) in [6.45, 7) is 19.3. The lowest BCUT2D eigenvalue weighted by atomic mass is 9.78. The van der Waals surface area contributed by atoms with Crippen LogP contribution in [0.25, 0.3) is 0 Å². The third kappa shape index (κ3) is 11.4. The second-order valence-electron chi connectivity index (χ2n) is 13.0. The molecule has 2 N–H and O–H groups in total. The van der Waals surface area contributed by atoms with Crippen LogP contribution in [0.5, 0.6) is 0 Å². The molecular formula is C35H58O12S. The molecule has 0 radical (unpaired) electrons. The van der Waals surface area contributed by atoms with Gasteiger partial charge in [-0.25, -0.2) is 0 Å². The lowest BCUT2D eigenvalue weighted by molar-refractivity contribution is -0.181. The zero-order chi connectivity index (χ0) is 37.6. The van der Waals surface area contributed by atoms with Gasteiger partial charge in [0.2, 0.25) is 0 Å². The first-order valence-corrected chi connectivity index (χ1v) is 17.5. The van der Waals surface area contributed by atoms with Gasteiger partial charge in [-0.2, -0.15) is 0 Å². The molecule has 1 saturated heterocycles. The van der Waals surface area contributed by atoms with E-state index in [1.54, 1.807) is 47.0 Å². The van der Waals surface area contributed by atoms with Crippen LogP contribution >= 0.6 is 12.0 Å². The SMILES string of the molecule is C/C=C(/C)C=O.CCC.CCCC(=O)O[C@H]1CC(OC(C)=O)C2C(=C(C)[C@H](OC)C2OC(=O)C(C)(C)C)C2OC(=O)C(C)C21O.CSO. The van der Waals surface area contributed by atoms with Crippen LogP contribution in [0.15, 0.2) is 22.8 Å². The number of aldehydes is 1. The lowest BCUT2D eigenvalue weighted by Crippen LogP contribution is -2.55. The van der Waals surface area contributed by atoms with E-state index in [-0.39, 0.29) is 12.8 Å². The van der Waals surface area contributed by atoms with Crippen molar-refractivity contribution in [2.75, 3.05) is 13.4 Å². The average Bonchev–Trinajstić information content (AvgIpc) is 3.36. The largest absolute Gasteiger partial charge is 0.462 e. The highest BCUT2D eigenvalue weighted by molar-refractivity contribution is 7.93. The molecule has 0 amide bonds. The zero-order valence-corrected chi connectivity index (χ0v) is 31.7. The molecule has 2 fully saturated rings. The van der Waals surface area contributed by atoms with Gasteiger partial charge >= 0.3 is 23.9 Å². The first-order chi connectivity index (χ1) is 22.3. The summed E-state index contributed by atoms with van der Waals surface area (Å²) in [4.78, 5) is 60.1. The third-order valence-electron chi connectivity index (χ3n) is 8.04. The number of allylic oxidation sites excluding steroid dienone is 2. The second kappa shape index (κ2) is 20.7. The molecule has 3 rings (SSSR count). The summed E-state index contributed by atoms with van der Waals surface area (Å²) in [5.41, 5.74) is -0.920. The number of carbonyl (C=O) groups is 5. The first kappa shape index (κ1) is 45.3. The molecular weight excluding hydrogens is 644 g/mol. The molecule has 0 aromatic rings. The molecule has 13 heteroatoms. The van der Waals surface area contributed by atoms with Crippen LogP contribution in [-0.2, 0) is 47.7 Å². The van der Waals surface area contributed by atoms with Gasteiger partial charge in [0.05, 0.1) is 17.3 Å². The van der Waals surface area contributed by atoms with E-state index in [0.29, 0.717) is 17.6 Å². The number of hydrogen-bond donors (Lipinski definition) is 2. The molecule has 0 aromatic heterocycles. The van der Waals surface area contributed by atoms with E-state index < -0.39 is 77.2 Å². The molecule has 0 bridgehead atoms. The van der Waals surface area contributed by atoms with Crippen molar-refractivity contribution < 1.29 is 57.3 Å². The van der Waals surface area contributed by atoms with Crippen LogP contribution < -0.4 is 0 Å². The van der Waals surface area contributed by atoms with Gasteiger partial charge in [0.15, 0.2) is 11.7 Å². The summed E-state index contributed by atoms with van der Waals surface area (Å²) in [5.74, 6) is -4.11. The van der Waals surface area contributed by atoms with Gasteiger partial charge in [0, 0.05) is 33.1 Å². The second-order valence-corrected chi connectivity index (χ2v) is 13.4. The number of hydrogen-bond acceptors (Lipinski definition) is 13. The topological polar surface area (TPSA) is 172 Å². The molecule has 2 aliphatic carbocycles. The fraction of sp³-hybridized carbons (Fsp3) is 0.743. The Morgan fingerprint density at radius 2 is 1.65 bits per heavy atom. The van der Waals surface area contributed by atoms with Crippen LogP contribution in [0.4, 0.5) is 0 Å². The van der Waals surface area contributed by atoms with Crippen molar-refractivity contribution in [2.24, 2.45) is 17.3 Å². The molecule has 3 aliphatic rings. The maximum Gasteiger partial charge on any atom is 0.312 e. The Kier molecular flexibility index (Phi) is 19.5. The predicted octanol–water partition coefficient (Wildman–Crippen LogP) is 5.64. The zero-order valence-electron chi connectivity index (χ0n) is 30.9.